The number of aromatic nitrogens is 5. The van der Waals surface area contributed by atoms with Crippen LogP contribution in [0.15, 0.2) is 59.4 Å². The monoisotopic (exact) mass is 459 g/mol. The quantitative estimate of drug-likeness (QED) is 0.453. The fraction of sp³-hybridized carbons (Fsp3) is 0.360. The molecule has 0 bridgehead atoms. The van der Waals surface area contributed by atoms with E-state index in [1.54, 1.807) is 7.11 Å². The summed E-state index contributed by atoms with van der Waals surface area (Å²) < 4.78 is 7.13. The Hall–Kier alpha value is -3.56. The third kappa shape index (κ3) is 4.44. The second-order valence-corrected chi connectivity index (χ2v) is 8.56. The van der Waals surface area contributed by atoms with E-state index < -0.39 is 0 Å². The van der Waals surface area contributed by atoms with Crippen LogP contribution in [-0.2, 0) is 6.54 Å². The molecule has 0 spiro atoms. The minimum atomic E-state index is -0.354. The summed E-state index contributed by atoms with van der Waals surface area (Å²) in [5.74, 6) is 1.38. The lowest BCUT2D eigenvalue weighted by Crippen LogP contribution is -2.49. The molecule has 3 heterocycles. The minimum Gasteiger partial charge on any atom is -0.497 e. The van der Waals surface area contributed by atoms with Crippen LogP contribution in [0.2, 0.25) is 0 Å². The van der Waals surface area contributed by atoms with E-state index in [0.29, 0.717) is 23.7 Å². The fourth-order valence-electron chi connectivity index (χ4n) is 4.64. The van der Waals surface area contributed by atoms with Crippen LogP contribution in [0.25, 0.3) is 10.9 Å². The number of nitrogens with zero attached hydrogens (tertiary/aromatic N) is 6. The van der Waals surface area contributed by atoms with Crippen LogP contribution in [0.4, 0.5) is 0 Å². The van der Waals surface area contributed by atoms with E-state index in [1.807, 2.05) is 47.1 Å². The first-order valence-corrected chi connectivity index (χ1v) is 11.6. The fourth-order valence-corrected chi connectivity index (χ4v) is 4.64. The predicted molar refractivity (Wildman–Crippen MR) is 130 cm³/mol. The molecule has 5 rings (SSSR count). The number of pyridine rings is 1. The molecule has 1 aliphatic rings. The standard InChI is InChI=1S/C25H29N7O2/c1-3-30-11-13-31(14-12-30)23(24-27-28-29-32(24)17-18-7-5-4-6-8-18)21-15-19-9-10-20(34-2)16-22(19)26-25(21)33/h4-10,15-16,23H,3,11-14,17H2,1-2H3,(H,26,33)/t23-/m0/s1. The molecule has 34 heavy (non-hydrogen) atoms. The third-order valence-electron chi connectivity index (χ3n) is 6.58. The van der Waals surface area contributed by atoms with E-state index in [4.69, 9.17) is 4.74 Å². The maximum absolute atomic E-state index is 13.4. The second kappa shape index (κ2) is 9.74. The Morgan fingerprint density at radius 2 is 1.85 bits per heavy atom. The summed E-state index contributed by atoms with van der Waals surface area (Å²) in [6.45, 7) is 7.27. The first kappa shape index (κ1) is 22.2. The van der Waals surface area contributed by atoms with Crippen molar-refractivity contribution >= 4 is 10.9 Å². The number of hydrogen-bond acceptors (Lipinski definition) is 7. The molecule has 1 N–H and O–H groups in total. The lowest BCUT2D eigenvalue weighted by molar-refractivity contribution is 0.108. The molecule has 1 aliphatic heterocycles. The molecule has 0 amide bonds. The van der Waals surface area contributed by atoms with E-state index in [-0.39, 0.29) is 11.6 Å². The van der Waals surface area contributed by atoms with Gasteiger partial charge in [0, 0.05) is 37.8 Å². The number of benzene rings is 2. The van der Waals surface area contributed by atoms with Gasteiger partial charge in [-0.05, 0) is 46.1 Å². The summed E-state index contributed by atoms with van der Waals surface area (Å²) in [6.07, 6.45) is 0. The number of rotatable bonds is 7. The maximum Gasteiger partial charge on any atom is 0.253 e. The van der Waals surface area contributed by atoms with Crippen molar-refractivity contribution in [2.24, 2.45) is 0 Å². The van der Waals surface area contributed by atoms with Crippen LogP contribution in [0.1, 0.15) is 29.9 Å². The molecule has 0 aliphatic carbocycles. The number of fused-ring (bicyclic) bond motifs is 1. The number of tetrazole rings is 1. The van der Waals surface area contributed by atoms with Gasteiger partial charge in [0.1, 0.15) is 11.8 Å². The van der Waals surface area contributed by atoms with E-state index >= 15 is 0 Å². The molecule has 1 atom stereocenters. The van der Waals surface area contributed by atoms with Crippen LogP contribution in [-0.4, -0.2) is 74.8 Å². The highest BCUT2D eigenvalue weighted by Crippen LogP contribution is 2.29. The van der Waals surface area contributed by atoms with E-state index in [1.165, 1.54) is 0 Å². The molecule has 1 fully saturated rings. The topological polar surface area (TPSA) is 92.2 Å². The Morgan fingerprint density at radius 1 is 1.06 bits per heavy atom. The van der Waals surface area contributed by atoms with Gasteiger partial charge in [0.05, 0.1) is 19.2 Å². The van der Waals surface area contributed by atoms with Gasteiger partial charge >= 0.3 is 0 Å². The highest BCUT2D eigenvalue weighted by molar-refractivity contribution is 5.80. The van der Waals surface area contributed by atoms with Crippen molar-refractivity contribution in [3.05, 3.63) is 81.9 Å². The predicted octanol–water partition coefficient (Wildman–Crippen LogP) is 2.30. The van der Waals surface area contributed by atoms with Crippen molar-refractivity contribution in [2.75, 3.05) is 39.8 Å². The summed E-state index contributed by atoms with van der Waals surface area (Å²) in [6, 6.07) is 17.4. The smallest absolute Gasteiger partial charge is 0.253 e. The largest absolute Gasteiger partial charge is 0.497 e. The molecule has 0 unspecified atom stereocenters. The highest BCUT2D eigenvalue weighted by atomic mass is 16.5. The summed E-state index contributed by atoms with van der Waals surface area (Å²) in [5, 5.41) is 13.7. The molecule has 2 aromatic heterocycles. The van der Waals surface area contributed by atoms with Crippen LogP contribution in [0.3, 0.4) is 0 Å². The van der Waals surface area contributed by atoms with Crippen molar-refractivity contribution in [3.63, 3.8) is 0 Å². The number of H-pyrrole nitrogens is 1. The Kier molecular flexibility index (Phi) is 6.37. The van der Waals surface area contributed by atoms with Crippen molar-refractivity contribution in [3.8, 4) is 5.75 Å². The zero-order valence-corrected chi connectivity index (χ0v) is 19.5. The number of methoxy groups -OCH3 is 1. The lowest BCUT2D eigenvalue weighted by Gasteiger charge is -2.38. The minimum absolute atomic E-state index is 0.141. The molecule has 9 heteroatoms. The molecule has 1 saturated heterocycles. The van der Waals surface area contributed by atoms with Crippen LogP contribution in [0.5, 0.6) is 5.75 Å². The van der Waals surface area contributed by atoms with Gasteiger partial charge in [-0.2, -0.15) is 0 Å². The van der Waals surface area contributed by atoms with Gasteiger partial charge in [0.15, 0.2) is 5.82 Å². The summed E-state index contributed by atoms with van der Waals surface area (Å²) in [4.78, 5) is 21.2. The first-order chi connectivity index (χ1) is 16.7. The zero-order chi connectivity index (χ0) is 23.5. The number of ether oxygens (including phenoxy) is 1. The van der Waals surface area contributed by atoms with Crippen molar-refractivity contribution in [1.29, 1.82) is 0 Å². The second-order valence-electron chi connectivity index (χ2n) is 8.56. The average molecular weight is 460 g/mol. The van der Waals surface area contributed by atoms with E-state index in [9.17, 15) is 4.79 Å². The number of piperazine rings is 1. The van der Waals surface area contributed by atoms with Crippen molar-refractivity contribution < 1.29 is 4.74 Å². The number of likely N-dealkylation sites (N-methyl/N-ethyl adjacent to an activating group) is 1. The van der Waals surface area contributed by atoms with Gasteiger partial charge in [-0.3, -0.25) is 9.69 Å². The number of nitrogens with one attached hydrogen (secondary N) is 1. The van der Waals surface area contributed by atoms with Crippen LogP contribution >= 0.6 is 0 Å². The van der Waals surface area contributed by atoms with Crippen LogP contribution < -0.4 is 10.3 Å². The number of aromatic amines is 1. The van der Waals surface area contributed by atoms with Crippen LogP contribution in [0, 0.1) is 0 Å². The molecule has 176 valence electrons. The average Bonchev–Trinajstić information content (AvgIpc) is 3.32. The maximum atomic E-state index is 13.4. The van der Waals surface area contributed by atoms with Gasteiger partial charge < -0.3 is 14.6 Å². The van der Waals surface area contributed by atoms with Gasteiger partial charge in [0.2, 0.25) is 0 Å². The molecule has 0 saturated carbocycles. The molecule has 2 aromatic carbocycles. The van der Waals surface area contributed by atoms with Gasteiger partial charge in [-0.25, -0.2) is 4.68 Å². The highest BCUT2D eigenvalue weighted by Gasteiger charge is 2.32. The summed E-state index contributed by atoms with van der Waals surface area (Å²) >= 11 is 0. The Labute approximate surface area is 198 Å². The molecule has 9 nitrogen and oxygen atoms in total. The van der Waals surface area contributed by atoms with Crippen molar-refractivity contribution in [1.82, 2.24) is 35.0 Å². The Morgan fingerprint density at radius 3 is 2.59 bits per heavy atom. The molecule has 0 radical (unpaired) electrons. The lowest BCUT2D eigenvalue weighted by atomic mass is 10.0. The number of hydrogen-bond donors (Lipinski definition) is 1. The Bertz CT molecular complexity index is 1310. The summed E-state index contributed by atoms with van der Waals surface area (Å²) in [5.41, 5.74) is 2.35. The zero-order valence-electron chi connectivity index (χ0n) is 19.5. The third-order valence-corrected chi connectivity index (χ3v) is 6.58. The Balaban J connectivity index is 1.58. The van der Waals surface area contributed by atoms with E-state index in [0.717, 1.165) is 49.2 Å². The van der Waals surface area contributed by atoms with E-state index in [2.05, 4.69) is 49.4 Å². The van der Waals surface area contributed by atoms with Gasteiger partial charge in [0.25, 0.3) is 5.56 Å². The van der Waals surface area contributed by atoms with Gasteiger partial charge in [-0.1, -0.05) is 37.3 Å². The summed E-state index contributed by atoms with van der Waals surface area (Å²) in [7, 11) is 1.62. The first-order valence-electron chi connectivity index (χ1n) is 11.6. The van der Waals surface area contributed by atoms with Gasteiger partial charge in [-0.15, -0.1) is 5.10 Å². The molecular weight excluding hydrogens is 430 g/mol. The molecular formula is C25H29N7O2. The SMILES string of the molecule is CCN1CCN([C@@H](c2cc3ccc(OC)cc3[nH]c2=O)c2nnnn2Cc2ccccc2)CC1. The normalized spacial score (nSPS) is 16.1. The van der Waals surface area contributed by atoms with Crippen molar-refractivity contribution in [2.45, 2.75) is 19.5 Å². The molecule has 4 aromatic rings.